The predicted molar refractivity (Wildman–Crippen MR) is 82.8 cm³/mol. The van der Waals surface area contributed by atoms with Crippen LogP contribution in [0.15, 0.2) is 29.2 Å². The highest BCUT2D eigenvalue weighted by Crippen LogP contribution is 2.35. The Bertz CT molecular complexity index is 431. The number of nitrogens with zero attached hydrogens (tertiary/aromatic N) is 1. The fourth-order valence-electron chi connectivity index (χ4n) is 2.85. The molecular weight excluding hydrogens is 252 g/mol. The van der Waals surface area contributed by atoms with Gasteiger partial charge in [0.25, 0.3) is 0 Å². The molecular formula is C16H24N2S. The summed E-state index contributed by atoms with van der Waals surface area (Å²) in [4.78, 5) is 4.01. The zero-order chi connectivity index (χ0) is 13.2. The van der Waals surface area contributed by atoms with Gasteiger partial charge in [-0.05, 0) is 50.6 Å². The third-order valence-electron chi connectivity index (χ3n) is 4.44. The van der Waals surface area contributed by atoms with E-state index in [4.69, 9.17) is 0 Å². The number of fused-ring (bicyclic) bond motifs is 1. The lowest BCUT2D eigenvalue weighted by Gasteiger charge is -2.30. The number of nitrogens with one attached hydrogen (secondary N) is 1. The highest BCUT2D eigenvalue weighted by molar-refractivity contribution is 7.99. The molecule has 1 aromatic rings. The topological polar surface area (TPSA) is 15.3 Å². The van der Waals surface area contributed by atoms with Gasteiger partial charge >= 0.3 is 0 Å². The van der Waals surface area contributed by atoms with Gasteiger partial charge in [-0.25, -0.2) is 0 Å². The summed E-state index contributed by atoms with van der Waals surface area (Å²) in [5.74, 6) is 1.24. The molecule has 1 fully saturated rings. The monoisotopic (exact) mass is 276 g/mol. The minimum atomic E-state index is 0.549. The number of benzene rings is 1. The van der Waals surface area contributed by atoms with E-state index in [9.17, 15) is 0 Å². The second-order valence-electron chi connectivity index (χ2n) is 5.88. The summed E-state index contributed by atoms with van der Waals surface area (Å²) in [6, 6.07) is 10.9. The molecule has 0 saturated heterocycles. The molecule has 3 rings (SSSR count). The summed E-state index contributed by atoms with van der Waals surface area (Å²) in [7, 11) is 2.27. The molecule has 0 aromatic heterocycles. The van der Waals surface area contributed by atoms with Crippen molar-refractivity contribution in [1.82, 2.24) is 10.2 Å². The third-order valence-corrected chi connectivity index (χ3v) is 5.56. The van der Waals surface area contributed by atoms with Gasteiger partial charge in [-0.1, -0.05) is 18.2 Å². The van der Waals surface area contributed by atoms with Crippen molar-refractivity contribution in [1.29, 1.82) is 0 Å². The Balaban J connectivity index is 1.58. The van der Waals surface area contributed by atoms with Crippen LogP contribution < -0.4 is 5.32 Å². The Labute approximate surface area is 121 Å². The van der Waals surface area contributed by atoms with E-state index in [1.165, 1.54) is 35.5 Å². The summed E-state index contributed by atoms with van der Waals surface area (Å²) in [5.41, 5.74) is 1.50. The van der Waals surface area contributed by atoms with Crippen LogP contribution in [0.2, 0.25) is 0 Å². The SMILES string of the molecule is CC(CNC1CCSc2ccccc21)N(C)C1CC1. The largest absolute Gasteiger partial charge is 0.308 e. The van der Waals surface area contributed by atoms with Crippen LogP contribution >= 0.6 is 11.8 Å². The van der Waals surface area contributed by atoms with Crippen LogP contribution in [0.4, 0.5) is 0 Å². The van der Waals surface area contributed by atoms with Gasteiger partial charge in [-0.15, -0.1) is 11.8 Å². The van der Waals surface area contributed by atoms with Gasteiger partial charge in [0.1, 0.15) is 0 Å². The van der Waals surface area contributed by atoms with Crippen molar-refractivity contribution in [3.8, 4) is 0 Å². The molecule has 0 spiro atoms. The van der Waals surface area contributed by atoms with Crippen LogP contribution in [0.1, 0.15) is 37.8 Å². The number of hydrogen-bond donors (Lipinski definition) is 1. The van der Waals surface area contributed by atoms with Crippen molar-refractivity contribution < 1.29 is 0 Å². The van der Waals surface area contributed by atoms with Crippen LogP contribution in [-0.2, 0) is 0 Å². The molecule has 19 heavy (non-hydrogen) atoms. The van der Waals surface area contributed by atoms with E-state index in [1.54, 1.807) is 0 Å². The van der Waals surface area contributed by atoms with Crippen LogP contribution in [0, 0.1) is 0 Å². The average Bonchev–Trinajstić information content (AvgIpc) is 3.28. The number of thioether (sulfide) groups is 1. The highest BCUT2D eigenvalue weighted by Gasteiger charge is 2.29. The van der Waals surface area contributed by atoms with Crippen molar-refractivity contribution >= 4 is 11.8 Å². The summed E-state index contributed by atoms with van der Waals surface area (Å²) in [5, 5.41) is 3.79. The molecule has 2 unspecified atom stereocenters. The second-order valence-corrected chi connectivity index (χ2v) is 7.02. The van der Waals surface area contributed by atoms with Crippen LogP contribution in [-0.4, -0.2) is 36.3 Å². The number of hydrogen-bond acceptors (Lipinski definition) is 3. The number of likely N-dealkylation sites (N-methyl/N-ethyl adjacent to an activating group) is 1. The Morgan fingerprint density at radius 3 is 2.89 bits per heavy atom. The van der Waals surface area contributed by atoms with Gasteiger partial charge in [0.05, 0.1) is 0 Å². The van der Waals surface area contributed by atoms with E-state index in [-0.39, 0.29) is 0 Å². The van der Waals surface area contributed by atoms with E-state index in [1.807, 2.05) is 11.8 Å². The molecule has 1 saturated carbocycles. The Kier molecular flexibility index (Phi) is 4.15. The lowest BCUT2D eigenvalue weighted by molar-refractivity contribution is 0.234. The summed E-state index contributed by atoms with van der Waals surface area (Å²) in [6.45, 7) is 3.44. The minimum Gasteiger partial charge on any atom is -0.308 e. The van der Waals surface area contributed by atoms with Crippen LogP contribution in [0.25, 0.3) is 0 Å². The molecule has 1 aromatic carbocycles. The molecule has 1 N–H and O–H groups in total. The summed E-state index contributed by atoms with van der Waals surface area (Å²) >= 11 is 2.00. The average molecular weight is 276 g/mol. The fraction of sp³-hybridized carbons (Fsp3) is 0.625. The fourth-order valence-corrected chi connectivity index (χ4v) is 3.98. The molecule has 2 aliphatic rings. The molecule has 104 valence electrons. The van der Waals surface area contributed by atoms with Gasteiger partial charge < -0.3 is 5.32 Å². The van der Waals surface area contributed by atoms with E-state index < -0.39 is 0 Å². The predicted octanol–water partition coefficient (Wildman–Crippen LogP) is 3.30. The minimum absolute atomic E-state index is 0.549. The molecule has 2 atom stereocenters. The van der Waals surface area contributed by atoms with Gasteiger partial charge in [0.15, 0.2) is 0 Å². The zero-order valence-electron chi connectivity index (χ0n) is 11.9. The van der Waals surface area contributed by atoms with E-state index in [0.29, 0.717) is 12.1 Å². The Morgan fingerprint density at radius 1 is 1.32 bits per heavy atom. The molecule has 0 amide bonds. The van der Waals surface area contributed by atoms with E-state index in [0.717, 1.165) is 12.6 Å². The van der Waals surface area contributed by atoms with Crippen LogP contribution in [0.3, 0.4) is 0 Å². The second kappa shape index (κ2) is 5.86. The summed E-state index contributed by atoms with van der Waals surface area (Å²) in [6.07, 6.45) is 4.04. The van der Waals surface area contributed by atoms with Crippen molar-refractivity contribution in [2.24, 2.45) is 0 Å². The highest BCUT2D eigenvalue weighted by atomic mass is 32.2. The molecule has 0 bridgehead atoms. The van der Waals surface area contributed by atoms with Gasteiger partial charge in [-0.3, -0.25) is 4.90 Å². The molecule has 1 heterocycles. The first-order chi connectivity index (χ1) is 9.25. The van der Waals surface area contributed by atoms with E-state index in [2.05, 4.69) is 48.5 Å². The number of rotatable bonds is 5. The van der Waals surface area contributed by atoms with Crippen molar-refractivity contribution in [3.63, 3.8) is 0 Å². The standard InChI is InChI=1S/C16H24N2S/c1-12(18(2)13-7-8-13)11-17-15-9-10-19-16-6-4-3-5-14(15)16/h3-6,12-13,15,17H,7-11H2,1-2H3. The lowest BCUT2D eigenvalue weighted by Crippen LogP contribution is -2.40. The van der Waals surface area contributed by atoms with Gasteiger partial charge in [0, 0.05) is 29.6 Å². The first-order valence-corrected chi connectivity index (χ1v) is 8.41. The van der Waals surface area contributed by atoms with E-state index >= 15 is 0 Å². The Hall–Kier alpha value is -0.510. The Morgan fingerprint density at radius 2 is 2.11 bits per heavy atom. The maximum absolute atomic E-state index is 3.79. The maximum Gasteiger partial charge on any atom is 0.0339 e. The quantitative estimate of drug-likeness (QED) is 0.888. The lowest BCUT2D eigenvalue weighted by atomic mass is 10.0. The maximum atomic E-state index is 3.79. The molecule has 3 heteroatoms. The molecule has 1 aliphatic carbocycles. The first kappa shape index (κ1) is 13.5. The van der Waals surface area contributed by atoms with Gasteiger partial charge in [-0.2, -0.15) is 0 Å². The first-order valence-electron chi connectivity index (χ1n) is 7.43. The molecule has 1 aliphatic heterocycles. The smallest absolute Gasteiger partial charge is 0.0339 e. The van der Waals surface area contributed by atoms with Crippen molar-refractivity contribution in [3.05, 3.63) is 29.8 Å². The molecule has 2 nitrogen and oxygen atoms in total. The summed E-state index contributed by atoms with van der Waals surface area (Å²) < 4.78 is 0. The van der Waals surface area contributed by atoms with Gasteiger partial charge in [0.2, 0.25) is 0 Å². The van der Waals surface area contributed by atoms with Crippen molar-refractivity contribution in [2.75, 3.05) is 19.3 Å². The third kappa shape index (κ3) is 3.15. The normalized spacial score (nSPS) is 24.3. The van der Waals surface area contributed by atoms with Crippen LogP contribution in [0.5, 0.6) is 0 Å². The zero-order valence-corrected chi connectivity index (χ0v) is 12.7. The molecule has 0 radical (unpaired) electrons. The van der Waals surface area contributed by atoms with Crippen molar-refractivity contribution in [2.45, 2.75) is 49.2 Å².